The monoisotopic (exact) mass is 384 g/mol. The summed E-state index contributed by atoms with van der Waals surface area (Å²) in [5.74, 6) is 0.577. The Labute approximate surface area is 156 Å². The molecule has 1 aromatic carbocycles. The Morgan fingerprint density at radius 1 is 1.23 bits per heavy atom. The Hall–Kier alpha value is -1.47. The molecule has 2 rings (SSSR count). The smallest absolute Gasteiger partial charge is 0.242 e. The van der Waals surface area contributed by atoms with Gasteiger partial charge in [0.15, 0.2) is 0 Å². The number of nitrogens with zero attached hydrogens (tertiary/aromatic N) is 1. The summed E-state index contributed by atoms with van der Waals surface area (Å²) < 4.78 is 39.0. The van der Waals surface area contributed by atoms with Gasteiger partial charge >= 0.3 is 0 Å². The van der Waals surface area contributed by atoms with E-state index in [1.807, 2.05) is 0 Å². The zero-order valence-corrected chi connectivity index (χ0v) is 16.6. The van der Waals surface area contributed by atoms with Crippen molar-refractivity contribution in [1.29, 1.82) is 0 Å². The molecule has 0 aromatic heterocycles. The van der Waals surface area contributed by atoms with Crippen molar-refractivity contribution in [2.24, 2.45) is 11.8 Å². The second-order valence-electron chi connectivity index (χ2n) is 7.33. The summed E-state index contributed by atoms with van der Waals surface area (Å²) in [5, 5.41) is 3.10. The van der Waals surface area contributed by atoms with Gasteiger partial charge in [0.25, 0.3) is 0 Å². The summed E-state index contributed by atoms with van der Waals surface area (Å²) in [4.78, 5) is 12.2. The first kappa shape index (κ1) is 20.8. The van der Waals surface area contributed by atoms with Gasteiger partial charge in [-0.15, -0.1) is 0 Å². The van der Waals surface area contributed by atoms with Crippen LogP contribution in [-0.2, 0) is 14.8 Å². The number of benzene rings is 1. The van der Waals surface area contributed by atoms with Crippen molar-refractivity contribution in [2.45, 2.75) is 56.9 Å². The first-order valence-corrected chi connectivity index (χ1v) is 10.7. The van der Waals surface area contributed by atoms with Crippen LogP contribution in [0.3, 0.4) is 0 Å². The Morgan fingerprint density at radius 2 is 1.88 bits per heavy atom. The molecule has 3 unspecified atom stereocenters. The van der Waals surface area contributed by atoms with Gasteiger partial charge in [0.1, 0.15) is 5.82 Å². The normalized spacial score (nSPS) is 23.8. The zero-order valence-electron chi connectivity index (χ0n) is 15.7. The van der Waals surface area contributed by atoms with Crippen molar-refractivity contribution >= 4 is 15.9 Å². The molecule has 146 valence electrons. The fourth-order valence-corrected chi connectivity index (χ4v) is 4.64. The molecule has 0 saturated heterocycles. The van der Waals surface area contributed by atoms with E-state index in [0.29, 0.717) is 24.7 Å². The highest BCUT2D eigenvalue weighted by molar-refractivity contribution is 7.89. The number of rotatable bonds is 7. The topological polar surface area (TPSA) is 66.5 Å². The van der Waals surface area contributed by atoms with Gasteiger partial charge in [-0.05, 0) is 48.9 Å². The van der Waals surface area contributed by atoms with E-state index in [1.165, 1.54) is 29.9 Å². The third kappa shape index (κ3) is 5.27. The second kappa shape index (κ2) is 8.95. The summed E-state index contributed by atoms with van der Waals surface area (Å²) in [6.45, 7) is 4.64. The molecule has 1 N–H and O–H groups in total. The van der Waals surface area contributed by atoms with E-state index in [0.717, 1.165) is 25.0 Å². The van der Waals surface area contributed by atoms with Gasteiger partial charge in [-0.3, -0.25) is 4.79 Å². The summed E-state index contributed by atoms with van der Waals surface area (Å²) in [6.07, 6.45) is 4.09. The van der Waals surface area contributed by atoms with E-state index < -0.39 is 15.8 Å². The summed E-state index contributed by atoms with van der Waals surface area (Å²) in [7, 11) is -2.19. The number of carbonyl (C=O) groups excluding carboxylic acids is 1. The van der Waals surface area contributed by atoms with Crippen molar-refractivity contribution in [3.8, 4) is 0 Å². The Balaban J connectivity index is 1.81. The van der Waals surface area contributed by atoms with Crippen LogP contribution < -0.4 is 5.32 Å². The molecule has 26 heavy (non-hydrogen) atoms. The molecule has 0 heterocycles. The fourth-order valence-electron chi connectivity index (χ4n) is 3.43. The van der Waals surface area contributed by atoms with Crippen LogP contribution in [0.15, 0.2) is 29.2 Å². The van der Waals surface area contributed by atoms with Crippen LogP contribution >= 0.6 is 0 Å². The van der Waals surface area contributed by atoms with Crippen molar-refractivity contribution < 1.29 is 17.6 Å². The van der Waals surface area contributed by atoms with Crippen LogP contribution in [0.1, 0.15) is 46.0 Å². The first-order valence-electron chi connectivity index (χ1n) is 9.23. The maximum absolute atomic E-state index is 13.0. The standard InChI is InChI=1S/C19H29FN2O3S/c1-14-6-4-7-18(15(14)2)21-19(23)8-5-13-22(3)26(24,25)17-11-9-16(20)10-12-17/h9-12,14-15,18H,4-8,13H2,1-3H3,(H,21,23). The van der Waals surface area contributed by atoms with Gasteiger partial charge in [-0.2, -0.15) is 0 Å². The molecular weight excluding hydrogens is 355 g/mol. The summed E-state index contributed by atoms with van der Waals surface area (Å²) in [6, 6.07) is 4.96. The minimum atomic E-state index is -3.66. The Morgan fingerprint density at radius 3 is 2.54 bits per heavy atom. The van der Waals surface area contributed by atoms with E-state index in [9.17, 15) is 17.6 Å². The number of sulfonamides is 1. The lowest BCUT2D eigenvalue weighted by molar-refractivity contribution is -0.122. The lowest BCUT2D eigenvalue weighted by Crippen LogP contribution is -2.43. The number of halogens is 1. The summed E-state index contributed by atoms with van der Waals surface area (Å²) >= 11 is 0. The third-order valence-corrected chi connectivity index (χ3v) is 7.32. The predicted molar refractivity (Wildman–Crippen MR) is 99.6 cm³/mol. The van der Waals surface area contributed by atoms with Crippen LogP contribution in [0.5, 0.6) is 0 Å². The van der Waals surface area contributed by atoms with E-state index in [2.05, 4.69) is 19.2 Å². The molecule has 1 fully saturated rings. The fraction of sp³-hybridized carbons (Fsp3) is 0.632. The largest absolute Gasteiger partial charge is 0.353 e. The molecule has 1 aliphatic rings. The van der Waals surface area contributed by atoms with Gasteiger partial charge in [-0.1, -0.05) is 26.7 Å². The molecule has 7 heteroatoms. The lowest BCUT2D eigenvalue weighted by Gasteiger charge is -2.34. The van der Waals surface area contributed by atoms with E-state index >= 15 is 0 Å². The molecule has 0 aliphatic heterocycles. The number of amides is 1. The average molecular weight is 385 g/mol. The predicted octanol–water partition coefficient (Wildman–Crippen LogP) is 3.17. The van der Waals surface area contributed by atoms with E-state index in [-0.39, 0.29) is 23.4 Å². The molecular formula is C19H29FN2O3S. The number of nitrogens with one attached hydrogen (secondary N) is 1. The van der Waals surface area contributed by atoms with Gasteiger partial charge in [0.2, 0.25) is 15.9 Å². The molecule has 0 radical (unpaired) electrons. The number of hydrogen-bond acceptors (Lipinski definition) is 3. The molecule has 1 aliphatic carbocycles. The van der Waals surface area contributed by atoms with E-state index in [4.69, 9.17) is 0 Å². The Kier molecular flexibility index (Phi) is 7.17. The second-order valence-corrected chi connectivity index (χ2v) is 9.37. The molecule has 1 aromatic rings. The SMILES string of the molecule is CC1CCCC(NC(=O)CCCN(C)S(=O)(=O)c2ccc(F)cc2)C1C. The van der Waals surface area contributed by atoms with Gasteiger partial charge in [0.05, 0.1) is 4.90 Å². The first-order chi connectivity index (χ1) is 12.2. The maximum atomic E-state index is 13.0. The molecule has 0 spiro atoms. The van der Waals surface area contributed by atoms with Crippen LogP contribution in [0.4, 0.5) is 4.39 Å². The highest BCUT2D eigenvalue weighted by atomic mass is 32.2. The molecule has 1 amide bonds. The van der Waals surface area contributed by atoms with Crippen molar-refractivity contribution in [1.82, 2.24) is 9.62 Å². The minimum Gasteiger partial charge on any atom is -0.353 e. The van der Waals surface area contributed by atoms with Crippen LogP contribution in [0, 0.1) is 17.7 Å². The minimum absolute atomic E-state index is 0.0245. The van der Waals surface area contributed by atoms with E-state index in [1.54, 1.807) is 0 Å². The van der Waals surface area contributed by atoms with Crippen molar-refractivity contribution in [3.63, 3.8) is 0 Å². The molecule has 0 bridgehead atoms. The van der Waals surface area contributed by atoms with Crippen LogP contribution in [0.25, 0.3) is 0 Å². The quantitative estimate of drug-likeness (QED) is 0.785. The van der Waals surface area contributed by atoms with Crippen molar-refractivity contribution in [2.75, 3.05) is 13.6 Å². The lowest BCUT2D eigenvalue weighted by atomic mass is 9.78. The molecule has 3 atom stereocenters. The average Bonchev–Trinajstić information content (AvgIpc) is 2.59. The number of carbonyl (C=O) groups is 1. The molecule has 1 saturated carbocycles. The highest BCUT2D eigenvalue weighted by Crippen LogP contribution is 2.29. The van der Waals surface area contributed by atoms with Crippen molar-refractivity contribution in [3.05, 3.63) is 30.1 Å². The Bertz CT molecular complexity index is 706. The van der Waals surface area contributed by atoms with Crippen LogP contribution in [-0.4, -0.2) is 38.3 Å². The zero-order chi connectivity index (χ0) is 19.3. The van der Waals surface area contributed by atoms with Gasteiger partial charge in [0, 0.05) is 26.1 Å². The maximum Gasteiger partial charge on any atom is 0.242 e. The summed E-state index contributed by atoms with van der Waals surface area (Å²) in [5.41, 5.74) is 0. The third-order valence-electron chi connectivity index (χ3n) is 5.45. The van der Waals surface area contributed by atoms with Gasteiger partial charge < -0.3 is 5.32 Å². The highest BCUT2D eigenvalue weighted by Gasteiger charge is 2.28. The number of hydrogen-bond donors (Lipinski definition) is 1. The van der Waals surface area contributed by atoms with Gasteiger partial charge in [-0.25, -0.2) is 17.1 Å². The van der Waals surface area contributed by atoms with Crippen LogP contribution in [0.2, 0.25) is 0 Å². The molecule has 5 nitrogen and oxygen atoms in total.